The summed E-state index contributed by atoms with van der Waals surface area (Å²) < 4.78 is 16.8. The van der Waals surface area contributed by atoms with Crippen LogP contribution in [0.4, 0.5) is 0 Å². The van der Waals surface area contributed by atoms with E-state index in [0.717, 1.165) is 25.2 Å². The number of phenols is 1. The Kier molecular flexibility index (Phi) is 9.71. The average Bonchev–Trinajstić information content (AvgIpc) is 3.18. The van der Waals surface area contributed by atoms with Crippen molar-refractivity contribution < 1.29 is 34.0 Å². The molecule has 2 saturated heterocycles. The second kappa shape index (κ2) is 13.2. The molecule has 2 aliphatic heterocycles. The number of amides is 1. The maximum atomic E-state index is 13.5. The van der Waals surface area contributed by atoms with Crippen LogP contribution in [-0.4, -0.2) is 84.3 Å². The number of nitrogens with zero attached hydrogens (tertiary/aromatic N) is 2. The third-order valence-electron chi connectivity index (χ3n) is 7.15. The summed E-state index contributed by atoms with van der Waals surface area (Å²) >= 11 is 0. The van der Waals surface area contributed by atoms with Crippen molar-refractivity contribution in [2.75, 3.05) is 52.6 Å². The van der Waals surface area contributed by atoms with Crippen molar-refractivity contribution in [2.45, 2.75) is 40.2 Å². The molecule has 216 valence electrons. The molecule has 1 atom stereocenters. The Bertz CT molecular complexity index is 1250. The molecule has 0 aliphatic carbocycles. The summed E-state index contributed by atoms with van der Waals surface area (Å²) in [5.74, 6) is -0.391. The molecule has 0 saturated carbocycles. The number of ketones is 1. The van der Waals surface area contributed by atoms with E-state index in [9.17, 15) is 19.8 Å². The van der Waals surface area contributed by atoms with E-state index in [2.05, 4.69) is 18.7 Å². The third-order valence-corrected chi connectivity index (χ3v) is 7.15. The van der Waals surface area contributed by atoms with Crippen LogP contribution in [0.15, 0.2) is 42.0 Å². The number of likely N-dealkylation sites (tertiary alicyclic amines) is 1. The normalized spacial score (nSPS) is 19.4. The monoisotopic (exact) mass is 552 g/mol. The highest BCUT2D eigenvalue weighted by atomic mass is 16.5. The Labute approximate surface area is 235 Å². The summed E-state index contributed by atoms with van der Waals surface area (Å²) in [4.78, 5) is 30.6. The number of benzene rings is 2. The van der Waals surface area contributed by atoms with Crippen LogP contribution in [0, 0.1) is 12.8 Å². The lowest BCUT2D eigenvalue weighted by atomic mass is 9.93. The van der Waals surface area contributed by atoms with E-state index < -0.39 is 17.7 Å². The predicted octanol–water partition coefficient (Wildman–Crippen LogP) is 4.28. The number of carbonyl (C=O) groups is 2. The van der Waals surface area contributed by atoms with E-state index in [4.69, 9.17) is 14.2 Å². The fourth-order valence-electron chi connectivity index (χ4n) is 5.12. The number of ether oxygens (including phenoxy) is 3. The molecule has 0 bridgehead atoms. The van der Waals surface area contributed by atoms with Crippen molar-refractivity contribution in [3.05, 3.63) is 58.7 Å². The first kappa shape index (κ1) is 29.4. The van der Waals surface area contributed by atoms with Crippen molar-refractivity contribution in [1.82, 2.24) is 9.80 Å². The van der Waals surface area contributed by atoms with Gasteiger partial charge >= 0.3 is 0 Å². The van der Waals surface area contributed by atoms with Crippen LogP contribution < -0.4 is 9.47 Å². The molecule has 9 nitrogen and oxygen atoms in total. The Hall–Kier alpha value is -3.56. The third kappa shape index (κ3) is 6.59. The lowest BCUT2D eigenvalue weighted by Crippen LogP contribution is -2.38. The highest BCUT2D eigenvalue weighted by Crippen LogP contribution is 2.42. The Morgan fingerprint density at radius 1 is 1.07 bits per heavy atom. The lowest BCUT2D eigenvalue weighted by Gasteiger charge is -2.29. The smallest absolute Gasteiger partial charge is 0.295 e. The van der Waals surface area contributed by atoms with Gasteiger partial charge in [-0.2, -0.15) is 0 Å². The summed E-state index contributed by atoms with van der Waals surface area (Å²) in [6.45, 7) is 12.8. The number of rotatable bonds is 11. The molecule has 2 aliphatic rings. The van der Waals surface area contributed by atoms with Gasteiger partial charge in [0.1, 0.15) is 11.5 Å². The number of morpholine rings is 1. The SMILES string of the molecule is CCOc1cc([C@@H]2C(=C(O)c3ccc(OCC(C)C)cc3C)C(=O)C(=O)N2CCCN2CCOCC2)ccc1O. The predicted molar refractivity (Wildman–Crippen MR) is 152 cm³/mol. The van der Waals surface area contributed by atoms with E-state index in [1.807, 2.05) is 13.0 Å². The highest BCUT2D eigenvalue weighted by molar-refractivity contribution is 6.46. The standard InChI is InChI=1S/C31H40N2O7/c1-5-39-26-18-22(7-10-25(26)34)28-27(29(35)24-9-8-23(17-21(24)4)40-19-20(2)3)30(36)31(37)33(28)12-6-11-32-13-15-38-16-14-32/h7-10,17-18,20,28,34-35H,5-6,11-16,19H2,1-4H3/t28-/m1/s1. The Balaban J connectivity index is 1.71. The van der Waals surface area contributed by atoms with Crippen LogP contribution in [0.1, 0.15) is 49.9 Å². The van der Waals surface area contributed by atoms with E-state index in [-0.39, 0.29) is 22.8 Å². The van der Waals surface area contributed by atoms with Gasteiger partial charge in [0.2, 0.25) is 0 Å². The summed E-state index contributed by atoms with van der Waals surface area (Å²) in [6.07, 6.45) is 0.654. The first-order chi connectivity index (χ1) is 19.2. The molecule has 9 heteroatoms. The van der Waals surface area contributed by atoms with Crippen molar-refractivity contribution in [3.63, 3.8) is 0 Å². The van der Waals surface area contributed by atoms with Crippen LogP contribution >= 0.6 is 0 Å². The zero-order valence-corrected chi connectivity index (χ0v) is 23.8. The van der Waals surface area contributed by atoms with Crippen LogP contribution in [0.5, 0.6) is 17.2 Å². The molecular formula is C31H40N2O7. The van der Waals surface area contributed by atoms with Gasteiger partial charge in [-0.25, -0.2) is 0 Å². The number of hydrogen-bond acceptors (Lipinski definition) is 8. The van der Waals surface area contributed by atoms with Crippen molar-refractivity contribution in [1.29, 1.82) is 0 Å². The Morgan fingerprint density at radius 2 is 1.82 bits per heavy atom. The molecule has 2 heterocycles. The van der Waals surface area contributed by atoms with Gasteiger partial charge in [0, 0.05) is 31.7 Å². The van der Waals surface area contributed by atoms with E-state index in [1.54, 1.807) is 31.2 Å². The molecule has 2 fully saturated rings. The number of Topliss-reactive ketones (excluding diaryl/α,β-unsaturated/α-hetero) is 1. The highest BCUT2D eigenvalue weighted by Gasteiger charge is 2.46. The molecular weight excluding hydrogens is 512 g/mol. The zero-order chi connectivity index (χ0) is 28.8. The second-order valence-electron chi connectivity index (χ2n) is 10.6. The van der Waals surface area contributed by atoms with Crippen LogP contribution in [-0.2, 0) is 14.3 Å². The first-order valence-electron chi connectivity index (χ1n) is 14.0. The quantitative estimate of drug-likeness (QED) is 0.242. The van der Waals surface area contributed by atoms with Gasteiger partial charge in [-0.15, -0.1) is 0 Å². The zero-order valence-electron chi connectivity index (χ0n) is 23.8. The van der Waals surface area contributed by atoms with Gasteiger partial charge in [-0.1, -0.05) is 19.9 Å². The largest absolute Gasteiger partial charge is 0.507 e. The van der Waals surface area contributed by atoms with E-state index >= 15 is 0 Å². The number of phenolic OH excluding ortho intramolecular Hbond substituents is 1. The van der Waals surface area contributed by atoms with Crippen molar-refractivity contribution >= 4 is 17.4 Å². The summed E-state index contributed by atoms with van der Waals surface area (Å²) in [5, 5.41) is 21.8. The average molecular weight is 553 g/mol. The first-order valence-corrected chi connectivity index (χ1v) is 14.0. The van der Waals surface area contributed by atoms with Crippen LogP contribution in [0.3, 0.4) is 0 Å². The molecule has 2 N–H and O–H groups in total. The molecule has 0 radical (unpaired) electrons. The fourth-order valence-corrected chi connectivity index (χ4v) is 5.12. The molecule has 40 heavy (non-hydrogen) atoms. The maximum Gasteiger partial charge on any atom is 0.295 e. The van der Waals surface area contributed by atoms with Crippen LogP contribution in [0.2, 0.25) is 0 Å². The number of aliphatic hydroxyl groups excluding tert-OH is 1. The number of carbonyl (C=O) groups excluding carboxylic acids is 2. The number of hydrogen-bond donors (Lipinski definition) is 2. The summed E-state index contributed by atoms with van der Waals surface area (Å²) in [7, 11) is 0. The fraction of sp³-hybridized carbons (Fsp3) is 0.484. The molecule has 2 aromatic carbocycles. The topological polar surface area (TPSA) is 109 Å². The minimum absolute atomic E-state index is 0.0171. The number of aromatic hydroxyl groups is 1. The minimum Gasteiger partial charge on any atom is -0.507 e. The molecule has 0 spiro atoms. The van der Waals surface area contributed by atoms with Gasteiger partial charge in [0.05, 0.1) is 38.0 Å². The van der Waals surface area contributed by atoms with Crippen molar-refractivity contribution in [2.24, 2.45) is 5.92 Å². The molecule has 0 aromatic heterocycles. The van der Waals surface area contributed by atoms with Crippen LogP contribution in [0.25, 0.3) is 5.76 Å². The number of aliphatic hydroxyl groups is 1. The summed E-state index contributed by atoms with van der Waals surface area (Å²) in [6, 6.07) is 9.23. The van der Waals surface area contributed by atoms with Gasteiger partial charge in [0.15, 0.2) is 11.5 Å². The molecule has 0 unspecified atom stereocenters. The molecule has 1 amide bonds. The second-order valence-corrected chi connectivity index (χ2v) is 10.6. The minimum atomic E-state index is -0.833. The Morgan fingerprint density at radius 3 is 2.50 bits per heavy atom. The molecule has 4 rings (SSSR count). The van der Waals surface area contributed by atoms with E-state index in [0.29, 0.717) is 62.2 Å². The van der Waals surface area contributed by atoms with Crippen molar-refractivity contribution in [3.8, 4) is 17.2 Å². The number of aryl methyl sites for hydroxylation is 1. The van der Waals surface area contributed by atoms with Gasteiger partial charge in [0.25, 0.3) is 11.7 Å². The van der Waals surface area contributed by atoms with E-state index in [1.165, 1.54) is 11.0 Å². The van der Waals surface area contributed by atoms with Gasteiger partial charge in [-0.3, -0.25) is 14.5 Å². The maximum absolute atomic E-state index is 13.5. The summed E-state index contributed by atoms with van der Waals surface area (Å²) in [5.41, 5.74) is 1.76. The van der Waals surface area contributed by atoms with Gasteiger partial charge in [-0.05, 0) is 67.6 Å². The van der Waals surface area contributed by atoms with Gasteiger partial charge < -0.3 is 29.3 Å². The lowest BCUT2D eigenvalue weighted by molar-refractivity contribution is -0.140. The molecule has 2 aromatic rings.